The number of hydrogen-bond acceptors (Lipinski definition) is 3. The first-order valence-corrected chi connectivity index (χ1v) is 8.97. The van der Waals surface area contributed by atoms with E-state index in [2.05, 4.69) is 27.6 Å². The fraction of sp³-hybridized carbons (Fsp3) is 0.571. The molecular formula is C14H20BrNO3S. The molecule has 0 aliphatic heterocycles. The predicted octanol–water partition coefficient (Wildman–Crippen LogP) is 3.32. The zero-order valence-corrected chi connectivity index (χ0v) is 14.2. The molecular weight excluding hydrogens is 342 g/mol. The molecule has 112 valence electrons. The second-order valence-corrected chi connectivity index (χ2v) is 8.26. The lowest BCUT2D eigenvalue weighted by Crippen LogP contribution is -2.34. The van der Waals surface area contributed by atoms with Gasteiger partial charge in [0.15, 0.2) is 0 Å². The Kier molecular flexibility index (Phi) is 4.76. The van der Waals surface area contributed by atoms with Crippen molar-refractivity contribution in [3.05, 3.63) is 22.7 Å². The van der Waals surface area contributed by atoms with E-state index in [0.717, 1.165) is 12.8 Å². The average Bonchev–Trinajstić information content (AvgIpc) is 2.84. The SMILES string of the molecule is COc1ccc(S(=O)(=O)NCC2(C)CCCC2)cc1Br. The molecule has 1 aromatic rings. The summed E-state index contributed by atoms with van der Waals surface area (Å²) >= 11 is 3.31. The lowest BCUT2D eigenvalue weighted by Gasteiger charge is -2.23. The lowest BCUT2D eigenvalue weighted by atomic mass is 9.89. The molecule has 0 atom stereocenters. The minimum atomic E-state index is -3.47. The smallest absolute Gasteiger partial charge is 0.240 e. The number of rotatable bonds is 5. The molecule has 2 rings (SSSR count). The van der Waals surface area contributed by atoms with Crippen LogP contribution in [0.5, 0.6) is 5.75 Å². The van der Waals surface area contributed by atoms with Crippen molar-refractivity contribution in [2.75, 3.05) is 13.7 Å². The van der Waals surface area contributed by atoms with Gasteiger partial charge in [0.25, 0.3) is 0 Å². The van der Waals surface area contributed by atoms with Gasteiger partial charge >= 0.3 is 0 Å². The maximum Gasteiger partial charge on any atom is 0.240 e. The van der Waals surface area contributed by atoms with Crippen molar-refractivity contribution < 1.29 is 13.2 Å². The fourth-order valence-corrected chi connectivity index (χ4v) is 4.49. The summed E-state index contributed by atoms with van der Waals surface area (Å²) in [6, 6.07) is 4.77. The topological polar surface area (TPSA) is 55.4 Å². The molecule has 1 aliphatic rings. The van der Waals surface area contributed by atoms with Gasteiger partial charge in [0.2, 0.25) is 10.0 Å². The zero-order valence-electron chi connectivity index (χ0n) is 11.8. The molecule has 1 aliphatic carbocycles. The van der Waals surface area contributed by atoms with Gasteiger partial charge in [-0.15, -0.1) is 0 Å². The van der Waals surface area contributed by atoms with E-state index in [1.165, 1.54) is 12.8 Å². The molecule has 0 saturated heterocycles. The van der Waals surface area contributed by atoms with Crippen LogP contribution in [0.4, 0.5) is 0 Å². The highest BCUT2D eigenvalue weighted by atomic mass is 79.9. The summed E-state index contributed by atoms with van der Waals surface area (Å²) in [4.78, 5) is 0.256. The van der Waals surface area contributed by atoms with Gasteiger partial charge in [0.05, 0.1) is 16.5 Å². The number of sulfonamides is 1. The molecule has 6 heteroatoms. The largest absolute Gasteiger partial charge is 0.496 e. The van der Waals surface area contributed by atoms with Gasteiger partial charge in [-0.05, 0) is 52.4 Å². The van der Waals surface area contributed by atoms with Crippen LogP contribution in [-0.2, 0) is 10.0 Å². The summed E-state index contributed by atoms with van der Waals surface area (Å²) in [6.07, 6.45) is 4.54. The van der Waals surface area contributed by atoms with Crippen LogP contribution >= 0.6 is 15.9 Å². The van der Waals surface area contributed by atoms with Crippen LogP contribution < -0.4 is 9.46 Å². The highest BCUT2D eigenvalue weighted by Gasteiger charge is 2.30. The van der Waals surface area contributed by atoms with E-state index in [0.29, 0.717) is 16.8 Å². The van der Waals surface area contributed by atoms with Crippen molar-refractivity contribution in [3.8, 4) is 5.75 Å². The Bertz CT molecular complexity index is 580. The molecule has 0 spiro atoms. The number of methoxy groups -OCH3 is 1. The first-order valence-electron chi connectivity index (χ1n) is 6.70. The van der Waals surface area contributed by atoms with Crippen LogP contribution in [0.3, 0.4) is 0 Å². The van der Waals surface area contributed by atoms with Gasteiger partial charge in [-0.1, -0.05) is 19.8 Å². The molecule has 1 fully saturated rings. The molecule has 20 heavy (non-hydrogen) atoms. The van der Waals surface area contributed by atoms with Crippen LogP contribution in [0.25, 0.3) is 0 Å². The summed E-state index contributed by atoms with van der Waals surface area (Å²) in [7, 11) is -1.92. The molecule has 0 radical (unpaired) electrons. The van der Waals surface area contributed by atoms with Gasteiger partial charge in [-0.2, -0.15) is 0 Å². The van der Waals surface area contributed by atoms with E-state index in [-0.39, 0.29) is 10.3 Å². The molecule has 0 aromatic heterocycles. The quantitative estimate of drug-likeness (QED) is 0.874. The summed E-state index contributed by atoms with van der Waals surface area (Å²) in [5, 5.41) is 0. The van der Waals surface area contributed by atoms with Gasteiger partial charge in [-0.3, -0.25) is 0 Å². The number of benzene rings is 1. The van der Waals surface area contributed by atoms with Crippen molar-refractivity contribution >= 4 is 26.0 Å². The molecule has 0 bridgehead atoms. The van der Waals surface area contributed by atoms with E-state index in [9.17, 15) is 8.42 Å². The molecule has 0 unspecified atom stereocenters. The third-order valence-corrected chi connectivity index (χ3v) is 5.95. The number of hydrogen-bond donors (Lipinski definition) is 1. The van der Waals surface area contributed by atoms with Crippen molar-refractivity contribution in [2.45, 2.75) is 37.5 Å². The Morgan fingerprint density at radius 2 is 2.00 bits per heavy atom. The van der Waals surface area contributed by atoms with Gasteiger partial charge < -0.3 is 4.74 Å². The Morgan fingerprint density at radius 3 is 2.55 bits per heavy atom. The van der Waals surface area contributed by atoms with E-state index in [1.54, 1.807) is 25.3 Å². The maximum absolute atomic E-state index is 12.3. The summed E-state index contributed by atoms with van der Waals surface area (Å²) < 4.78 is 33.1. The molecule has 0 amide bonds. The molecule has 1 aromatic carbocycles. The Morgan fingerprint density at radius 1 is 1.35 bits per heavy atom. The second-order valence-electron chi connectivity index (χ2n) is 5.64. The van der Waals surface area contributed by atoms with Crippen molar-refractivity contribution in [1.82, 2.24) is 4.72 Å². The van der Waals surface area contributed by atoms with Gasteiger partial charge in [-0.25, -0.2) is 13.1 Å². The van der Waals surface area contributed by atoms with Crippen LogP contribution in [0, 0.1) is 5.41 Å². The van der Waals surface area contributed by atoms with Gasteiger partial charge in [0, 0.05) is 6.54 Å². The monoisotopic (exact) mass is 361 g/mol. The van der Waals surface area contributed by atoms with E-state index >= 15 is 0 Å². The highest BCUT2D eigenvalue weighted by Crippen LogP contribution is 2.37. The van der Waals surface area contributed by atoms with E-state index < -0.39 is 10.0 Å². The summed E-state index contributed by atoms with van der Waals surface area (Å²) in [5.41, 5.74) is 0.0940. The minimum absolute atomic E-state index is 0.0940. The zero-order chi connectivity index (χ0) is 14.8. The maximum atomic E-state index is 12.3. The Hall–Kier alpha value is -0.590. The highest BCUT2D eigenvalue weighted by molar-refractivity contribution is 9.10. The van der Waals surface area contributed by atoms with E-state index in [1.807, 2.05) is 0 Å². The van der Waals surface area contributed by atoms with Crippen molar-refractivity contribution in [1.29, 1.82) is 0 Å². The predicted molar refractivity (Wildman–Crippen MR) is 82.5 cm³/mol. The normalized spacial score (nSPS) is 18.1. The molecule has 1 saturated carbocycles. The third-order valence-electron chi connectivity index (χ3n) is 3.93. The minimum Gasteiger partial charge on any atom is -0.496 e. The molecule has 1 N–H and O–H groups in total. The number of ether oxygens (including phenoxy) is 1. The lowest BCUT2D eigenvalue weighted by molar-refractivity contribution is 0.336. The first kappa shape index (κ1) is 15.8. The van der Waals surface area contributed by atoms with Crippen LogP contribution in [0.2, 0.25) is 0 Å². The van der Waals surface area contributed by atoms with E-state index in [4.69, 9.17) is 4.74 Å². The summed E-state index contributed by atoms with van der Waals surface area (Å²) in [6.45, 7) is 2.64. The van der Waals surface area contributed by atoms with Crippen molar-refractivity contribution in [3.63, 3.8) is 0 Å². The molecule has 0 heterocycles. The van der Waals surface area contributed by atoms with Crippen LogP contribution in [0.1, 0.15) is 32.6 Å². The standard InChI is InChI=1S/C14H20BrNO3S/c1-14(7-3-4-8-14)10-16-20(17,18)11-5-6-13(19-2)12(15)9-11/h5-6,9,16H,3-4,7-8,10H2,1-2H3. The van der Waals surface area contributed by atoms with Crippen LogP contribution in [0.15, 0.2) is 27.6 Å². The Labute approximate surface area is 129 Å². The van der Waals surface area contributed by atoms with Gasteiger partial charge in [0.1, 0.15) is 5.75 Å². The Balaban J connectivity index is 2.12. The molecule has 4 nitrogen and oxygen atoms in total. The number of halogens is 1. The fourth-order valence-electron chi connectivity index (χ4n) is 2.57. The first-order chi connectivity index (χ1) is 9.36. The number of nitrogens with one attached hydrogen (secondary N) is 1. The van der Waals surface area contributed by atoms with Crippen molar-refractivity contribution in [2.24, 2.45) is 5.41 Å². The van der Waals surface area contributed by atoms with Crippen LogP contribution in [-0.4, -0.2) is 22.1 Å². The average molecular weight is 362 g/mol. The second kappa shape index (κ2) is 6.03. The third kappa shape index (κ3) is 3.54. The summed E-state index contributed by atoms with van der Waals surface area (Å²) in [5.74, 6) is 0.617.